The van der Waals surface area contributed by atoms with Gasteiger partial charge in [0.25, 0.3) is 0 Å². The number of nitrogens with one attached hydrogen (secondary N) is 2. The summed E-state index contributed by atoms with van der Waals surface area (Å²) in [5, 5.41) is 12.1. The number of H-pyrrole nitrogens is 2. The van der Waals surface area contributed by atoms with Crippen LogP contribution in [0, 0.1) is 0 Å². The van der Waals surface area contributed by atoms with Crippen LogP contribution >= 0.6 is 0 Å². The summed E-state index contributed by atoms with van der Waals surface area (Å²) < 4.78 is 5.40. The quantitative estimate of drug-likeness (QED) is 0.691. The van der Waals surface area contributed by atoms with Gasteiger partial charge in [-0.15, -0.1) is 0 Å². The molecule has 4 nitrogen and oxygen atoms in total. The number of benzene rings is 1. The van der Waals surface area contributed by atoms with Crippen LogP contribution in [0.4, 0.5) is 0 Å². The van der Waals surface area contributed by atoms with Crippen molar-refractivity contribution >= 4 is 10.9 Å². The van der Waals surface area contributed by atoms with E-state index in [1.165, 1.54) is 16.6 Å². The van der Waals surface area contributed by atoms with E-state index in [1.807, 2.05) is 18.3 Å². The largest absolute Gasteiger partial charge is 0.385 e. The van der Waals surface area contributed by atoms with Gasteiger partial charge in [-0.3, -0.25) is 0 Å². The van der Waals surface area contributed by atoms with Gasteiger partial charge < -0.3 is 19.8 Å². The first kappa shape index (κ1) is 14.5. The zero-order chi connectivity index (χ0) is 15.9. The van der Waals surface area contributed by atoms with Crippen LogP contribution in [0.25, 0.3) is 10.9 Å². The van der Waals surface area contributed by atoms with Gasteiger partial charge in [0.15, 0.2) is 0 Å². The molecular weight excluding hydrogens is 288 g/mol. The van der Waals surface area contributed by atoms with E-state index in [1.54, 1.807) is 0 Å². The molecule has 2 aromatic heterocycles. The summed E-state index contributed by atoms with van der Waals surface area (Å²) in [7, 11) is 0. The predicted molar refractivity (Wildman–Crippen MR) is 90.6 cm³/mol. The maximum Gasteiger partial charge on any atom is 0.0940 e. The normalized spacial score (nSPS) is 19.0. The summed E-state index contributed by atoms with van der Waals surface area (Å²) in [6.07, 6.45) is 5.35. The van der Waals surface area contributed by atoms with E-state index in [4.69, 9.17) is 4.74 Å². The molecule has 1 unspecified atom stereocenters. The molecule has 4 heteroatoms. The third-order valence-electron chi connectivity index (χ3n) is 5.13. The van der Waals surface area contributed by atoms with Gasteiger partial charge in [0.1, 0.15) is 0 Å². The van der Waals surface area contributed by atoms with Crippen LogP contribution in [-0.4, -0.2) is 28.3 Å². The Morgan fingerprint density at radius 1 is 1.17 bits per heavy atom. The van der Waals surface area contributed by atoms with Gasteiger partial charge in [-0.25, -0.2) is 0 Å². The minimum atomic E-state index is -0.767. The molecule has 120 valence electrons. The summed E-state index contributed by atoms with van der Waals surface area (Å²) in [4.78, 5) is 6.65. The van der Waals surface area contributed by atoms with Crippen molar-refractivity contribution in [1.29, 1.82) is 0 Å². The molecule has 1 aliphatic heterocycles. The van der Waals surface area contributed by atoms with Gasteiger partial charge in [-0.2, -0.15) is 0 Å². The molecule has 1 fully saturated rings. The van der Waals surface area contributed by atoms with Gasteiger partial charge in [0, 0.05) is 61.0 Å². The molecule has 0 saturated carbocycles. The van der Waals surface area contributed by atoms with Crippen molar-refractivity contribution in [3.63, 3.8) is 0 Å². The third-order valence-corrected chi connectivity index (χ3v) is 5.13. The highest BCUT2D eigenvalue weighted by Crippen LogP contribution is 2.36. The molecule has 3 N–H and O–H groups in total. The van der Waals surface area contributed by atoms with Crippen molar-refractivity contribution in [2.75, 3.05) is 13.2 Å². The molecule has 1 aliphatic rings. The van der Waals surface area contributed by atoms with Crippen LogP contribution in [-0.2, 0) is 10.3 Å². The summed E-state index contributed by atoms with van der Waals surface area (Å²) in [6, 6.07) is 10.4. The van der Waals surface area contributed by atoms with Crippen LogP contribution in [0.15, 0.2) is 42.7 Å². The number of aliphatic hydroxyl groups is 1. The molecule has 4 rings (SSSR count). The first-order chi connectivity index (χ1) is 11.2. The zero-order valence-electron chi connectivity index (χ0n) is 13.3. The molecule has 0 amide bonds. The number of ether oxygens (including phenoxy) is 1. The van der Waals surface area contributed by atoms with Crippen LogP contribution in [0.1, 0.15) is 42.5 Å². The summed E-state index contributed by atoms with van der Waals surface area (Å²) >= 11 is 0. The van der Waals surface area contributed by atoms with E-state index < -0.39 is 5.60 Å². The minimum absolute atomic E-state index is 0.276. The fourth-order valence-electron chi connectivity index (χ4n) is 3.57. The van der Waals surface area contributed by atoms with E-state index in [9.17, 15) is 5.11 Å². The molecule has 1 saturated heterocycles. The van der Waals surface area contributed by atoms with Crippen molar-refractivity contribution in [1.82, 2.24) is 9.97 Å². The second-order valence-corrected chi connectivity index (χ2v) is 6.50. The number of hydrogen-bond donors (Lipinski definition) is 3. The van der Waals surface area contributed by atoms with Crippen molar-refractivity contribution in [2.24, 2.45) is 0 Å². The molecule has 1 aromatic carbocycles. The second-order valence-electron chi connectivity index (χ2n) is 6.50. The lowest BCUT2D eigenvalue weighted by Crippen LogP contribution is -2.33. The zero-order valence-corrected chi connectivity index (χ0v) is 13.3. The van der Waals surface area contributed by atoms with Gasteiger partial charge in [-0.05, 0) is 35.4 Å². The maximum atomic E-state index is 11.0. The smallest absolute Gasteiger partial charge is 0.0940 e. The second kappa shape index (κ2) is 5.55. The van der Waals surface area contributed by atoms with Crippen molar-refractivity contribution in [3.8, 4) is 0 Å². The Balaban J connectivity index is 1.77. The Morgan fingerprint density at radius 2 is 2.00 bits per heavy atom. The van der Waals surface area contributed by atoms with E-state index in [2.05, 4.69) is 41.3 Å². The van der Waals surface area contributed by atoms with E-state index in [-0.39, 0.29) is 5.92 Å². The van der Waals surface area contributed by atoms with E-state index >= 15 is 0 Å². The number of aromatic amines is 2. The molecule has 0 aliphatic carbocycles. The Morgan fingerprint density at radius 3 is 2.74 bits per heavy atom. The lowest BCUT2D eigenvalue weighted by Gasteiger charge is -2.32. The summed E-state index contributed by atoms with van der Waals surface area (Å²) in [5.74, 6) is 0.276. The molecular formula is C19H22N2O2. The fourth-order valence-corrected chi connectivity index (χ4v) is 3.57. The monoisotopic (exact) mass is 310 g/mol. The molecule has 0 bridgehead atoms. The topological polar surface area (TPSA) is 61.0 Å². The van der Waals surface area contributed by atoms with Crippen LogP contribution in [0.5, 0.6) is 0 Å². The predicted octanol–water partition coefficient (Wildman–Crippen LogP) is 3.65. The van der Waals surface area contributed by atoms with E-state index in [0.717, 1.165) is 11.1 Å². The molecule has 0 radical (unpaired) electrons. The minimum Gasteiger partial charge on any atom is -0.385 e. The molecule has 3 aromatic rings. The number of fused-ring (bicyclic) bond motifs is 1. The van der Waals surface area contributed by atoms with E-state index in [0.29, 0.717) is 26.1 Å². The Kier molecular flexibility index (Phi) is 3.51. The van der Waals surface area contributed by atoms with Gasteiger partial charge in [0.05, 0.1) is 5.60 Å². The van der Waals surface area contributed by atoms with Crippen molar-refractivity contribution in [2.45, 2.75) is 31.3 Å². The average Bonchev–Trinajstić information content (AvgIpc) is 3.24. The number of aromatic nitrogens is 2. The average molecular weight is 310 g/mol. The highest BCUT2D eigenvalue weighted by Gasteiger charge is 2.32. The molecule has 0 spiro atoms. The number of hydrogen-bond acceptors (Lipinski definition) is 2. The fraction of sp³-hybridized carbons (Fsp3) is 0.368. The SMILES string of the molecule is CC(c1ccc[nH]1)c1c[nH]c2ccc(C3(O)CCOCC3)cc12. The first-order valence-corrected chi connectivity index (χ1v) is 8.22. The highest BCUT2D eigenvalue weighted by atomic mass is 16.5. The van der Waals surface area contributed by atoms with Gasteiger partial charge in [0.2, 0.25) is 0 Å². The molecule has 23 heavy (non-hydrogen) atoms. The van der Waals surface area contributed by atoms with Gasteiger partial charge >= 0.3 is 0 Å². The molecule has 1 atom stereocenters. The third kappa shape index (κ3) is 2.48. The maximum absolute atomic E-state index is 11.0. The van der Waals surface area contributed by atoms with Crippen LogP contribution in [0.2, 0.25) is 0 Å². The lowest BCUT2D eigenvalue weighted by atomic mass is 9.85. The summed E-state index contributed by atoms with van der Waals surface area (Å²) in [6.45, 7) is 3.44. The van der Waals surface area contributed by atoms with Crippen molar-refractivity contribution < 1.29 is 9.84 Å². The molecule has 3 heterocycles. The lowest BCUT2D eigenvalue weighted by molar-refractivity contribution is -0.0678. The first-order valence-electron chi connectivity index (χ1n) is 8.22. The Hall–Kier alpha value is -2.04. The van der Waals surface area contributed by atoms with Crippen molar-refractivity contribution in [3.05, 3.63) is 59.5 Å². The van der Waals surface area contributed by atoms with Crippen LogP contribution in [0.3, 0.4) is 0 Å². The standard InChI is InChI=1S/C19H22N2O2/c1-13(17-3-2-8-20-17)16-12-21-18-5-4-14(11-15(16)18)19(22)6-9-23-10-7-19/h2-5,8,11-13,20-22H,6-7,9-10H2,1H3. The summed E-state index contributed by atoms with van der Waals surface area (Å²) in [5.41, 5.74) is 3.78. The van der Waals surface area contributed by atoms with Crippen LogP contribution < -0.4 is 0 Å². The van der Waals surface area contributed by atoms with Gasteiger partial charge in [-0.1, -0.05) is 13.0 Å². The Bertz CT molecular complexity index is 798. The highest BCUT2D eigenvalue weighted by molar-refractivity contribution is 5.85. The number of rotatable bonds is 3. The Labute approximate surface area is 135 Å².